The van der Waals surface area contributed by atoms with E-state index < -0.39 is 23.7 Å². The van der Waals surface area contributed by atoms with Crippen molar-refractivity contribution in [3.05, 3.63) is 75.3 Å². The van der Waals surface area contributed by atoms with Crippen LogP contribution >= 0.6 is 11.3 Å². The number of benzene rings is 2. The highest BCUT2D eigenvalue weighted by Gasteiger charge is 2.48. The minimum Gasteiger partial charge on any atom is -0.507 e. The van der Waals surface area contributed by atoms with Crippen LogP contribution in [0.25, 0.3) is 5.76 Å². The summed E-state index contributed by atoms with van der Waals surface area (Å²) in [6.07, 6.45) is 0.672. The van der Waals surface area contributed by atoms with Gasteiger partial charge in [0.1, 0.15) is 28.2 Å². The van der Waals surface area contributed by atoms with Crippen molar-refractivity contribution in [3.8, 4) is 11.5 Å². The molecule has 5 rings (SSSR count). The van der Waals surface area contributed by atoms with Gasteiger partial charge in [0.05, 0.1) is 31.0 Å². The van der Waals surface area contributed by atoms with Gasteiger partial charge in [-0.15, -0.1) is 0 Å². The first-order valence-electron chi connectivity index (χ1n) is 12.1. The summed E-state index contributed by atoms with van der Waals surface area (Å²) in [5.41, 5.74) is 2.14. The molecule has 2 aliphatic heterocycles. The number of methoxy groups -OCH3 is 1. The molecule has 1 amide bonds. The molecule has 3 aromatic rings. The van der Waals surface area contributed by atoms with E-state index in [4.69, 9.17) is 14.2 Å². The number of esters is 1. The Morgan fingerprint density at radius 3 is 2.76 bits per heavy atom. The first kappa shape index (κ1) is 25.5. The number of thiazole rings is 1. The maximum absolute atomic E-state index is 13.5. The predicted octanol–water partition coefficient (Wildman–Crippen LogP) is 4.59. The van der Waals surface area contributed by atoms with Crippen LogP contribution in [0.1, 0.15) is 51.9 Å². The summed E-state index contributed by atoms with van der Waals surface area (Å²) in [6, 6.07) is 11.2. The SMILES string of the molecule is CCOc1cccc(C2C(=C(O)c3ccc4c(c3)CC(C)O4)C(=O)C(=O)N2c2nc(C)c(C(=O)OC)s2)c1. The Morgan fingerprint density at radius 2 is 2.03 bits per heavy atom. The van der Waals surface area contributed by atoms with Gasteiger partial charge in [0.2, 0.25) is 0 Å². The van der Waals surface area contributed by atoms with E-state index in [2.05, 4.69) is 4.98 Å². The molecule has 0 bridgehead atoms. The molecule has 0 aliphatic carbocycles. The topological polar surface area (TPSA) is 115 Å². The van der Waals surface area contributed by atoms with Crippen LogP contribution in [0.5, 0.6) is 11.5 Å². The number of amides is 1. The number of carbonyl (C=O) groups is 3. The fourth-order valence-electron chi connectivity index (χ4n) is 4.78. The van der Waals surface area contributed by atoms with E-state index in [1.807, 2.05) is 13.8 Å². The van der Waals surface area contributed by atoms with Gasteiger partial charge in [-0.1, -0.05) is 23.5 Å². The summed E-state index contributed by atoms with van der Waals surface area (Å²) in [4.78, 5) is 45.1. The molecular weight excluding hydrogens is 508 g/mol. The van der Waals surface area contributed by atoms with Crippen LogP contribution in [-0.4, -0.2) is 47.6 Å². The maximum Gasteiger partial charge on any atom is 0.350 e. The Bertz CT molecular complexity index is 1490. The summed E-state index contributed by atoms with van der Waals surface area (Å²) in [6.45, 7) is 5.85. The average molecular weight is 535 g/mol. The number of hydrogen-bond donors (Lipinski definition) is 1. The lowest BCUT2D eigenvalue weighted by molar-refractivity contribution is -0.132. The Hall–Kier alpha value is -4.18. The number of Topliss-reactive ketones (excluding diaryl/α,β-unsaturated/α-hetero) is 1. The van der Waals surface area contributed by atoms with Gasteiger partial charge >= 0.3 is 11.9 Å². The quantitative estimate of drug-likeness (QED) is 0.211. The second kappa shape index (κ2) is 9.94. The molecule has 0 radical (unpaired) electrons. The van der Waals surface area contributed by atoms with E-state index in [9.17, 15) is 19.5 Å². The van der Waals surface area contributed by atoms with Gasteiger partial charge in [0, 0.05) is 12.0 Å². The number of aromatic nitrogens is 1. The maximum atomic E-state index is 13.5. The Balaban J connectivity index is 1.69. The minimum absolute atomic E-state index is 0.00595. The smallest absolute Gasteiger partial charge is 0.350 e. The van der Waals surface area contributed by atoms with Crippen molar-refractivity contribution in [2.45, 2.75) is 39.3 Å². The lowest BCUT2D eigenvalue weighted by atomic mass is 9.94. The van der Waals surface area contributed by atoms with Crippen molar-refractivity contribution in [2.75, 3.05) is 18.6 Å². The number of ketones is 1. The van der Waals surface area contributed by atoms with E-state index in [0.29, 0.717) is 35.6 Å². The zero-order valence-electron chi connectivity index (χ0n) is 21.3. The van der Waals surface area contributed by atoms with Gasteiger partial charge in [0.25, 0.3) is 5.78 Å². The number of anilines is 1. The van der Waals surface area contributed by atoms with E-state index >= 15 is 0 Å². The number of aliphatic hydroxyl groups is 1. The molecule has 2 atom stereocenters. The molecule has 9 nitrogen and oxygen atoms in total. The van der Waals surface area contributed by atoms with Crippen molar-refractivity contribution in [1.29, 1.82) is 0 Å². The monoisotopic (exact) mass is 534 g/mol. The number of fused-ring (bicyclic) bond motifs is 1. The van der Waals surface area contributed by atoms with Crippen molar-refractivity contribution < 1.29 is 33.7 Å². The first-order valence-corrected chi connectivity index (χ1v) is 12.9. The summed E-state index contributed by atoms with van der Waals surface area (Å²) >= 11 is 0.949. The largest absolute Gasteiger partial charge is 0.507 e. The summed E-state index contributed by atoms with van der Waals surface area (Å²) < 4.78 is 16.3. The normalized spacial score (nSPS) is 19.8. The van der Waals surface area contributed by atoms with Gasteiger partial charge < -0.3 is 19.3 Å². The molecule has 1 N–H and O–H groups in total. The molecule has 2 unspecified atom stereocenters. The van der Waals surface area contributed by atoms with Gasteiger partial charge in [-0.05, 0) is 62.2 Å². The number of hydrogen-bond acceptors (Lipinski definition) is 9. The molecule has 3 heterocycles. The second-order valence-electron chi connectivity index (χ2n) is 9.03. The van der Waals surface area contributed by atoms with Crippen LogP contribution in [0.2, 0.25) is 0 Å². The lowest BCUT2D eigenvalue weighted by Gasteiger charge is -2.23. The number of rotatable bonds is 6. The standard InChI is InChI=1S/C28H26N2O7S/c1-5-36-19-8-6-7-16(13-19)22-21(23(31)17-9-10-20-18(12-17)11-14(2)37-20)24(32)26(33)30(22)28-29-15(3)25(38-28)27(34)35-4/h6-10,12-14,22,31H,5,11H2,1-4H3. The fourth-order valence-corrected chi connectivity index (χ4v) is 5.79. The molecule has 0 spiro atoms. The number of nitrogens with zero attached hydrogens (tertiary/aromatic N) is 2. The first-order chi connectivity index (χ1) is 18.2. The summed E-state index contributed by atoms with van der Waals surface area (Å²) in [7, 11) is 1.26. The number of carbonyl (C=O) groups excluding carboxylic acids is 3. The highest BCUT2D eigenvalue weighted by atomic mass is 32.1. The lowest BCUT2D eigenvalue weighted by Crippen LogP contribution is -2.29. The molecule has 1 fully saturated rings. The molecule has 10 heteroatoms. The molecule has 196 valence electrons. The van der Waals surface area contributed by atoms with Gasteiger partial charge in [-0.25, -0.2) is 9.78 Å². The van der Waals surface area contributed by atoms with Crippen LogP contribution in [0, 0.1) is 6.92 Å². The molecule has 2 aliphatic rings. The highest BCUT2D eigenvalue weighted by molar-refractivity contribution is 7.17. The van der Waals surface area contributed by atoms with Crippen molar-refractivity contribution in [3.63, 3.8) is 0 Å². The fraction of sp³-hybridized carbons (Fsp3) is 0.286. The van der Waals surface area contributed by atoms with E-state index in [0.717, 1.165) is 22.6 Å². The number of ether oxygens (including phenoxy) is 3. The third-order valence-corrected chi connectivity index (χ3v) is 7.60. The zero-order valence-corrected chi connectivity index (χ0v) is 22.1. The summed E-state index contributed by atoms with van der Waals surface area (Å²) in [5, 5.41) is 11.6. The van der Waals surface area contributed by atoms with Crippen LogP contribution in [0.4, 0.5) is 5.13 Å². The molecule has 0 saturated carbocycles. The van der Waals surface area contributed by atoms with Crippen molar-refractivity contribution >= 4 is 39.9 Å². The third-order valence-electron chi connectivity index (χ3n) is 6.46. The van der Waals surface area contributed by atoms with Gasteiger partial charge in [-0.3, -0.25) is 14.5 Å². The number of aliphatic hydroxyl groups excluding tert-OH is 1. The van der Waals surface area contributed by atoms with Crippen molar-refractivity contribution in [1.82, 2.24) is 4.98 Å². The predicted molar refractivity (Wildman–Crippen MR) is 141 cm³/mol. The Morgan fingerprint density at radius 1 is 1.24 bits per heavy atom. The van der Waals surface area contributed by atoms with Gasteiger partial charge in [0.15, 0.2) is 5.13 Å². The van der Waals surface area contributed by atoms with Crippen LogP contribution in [0.3, 0.4) is 0 Å². The number of aryl methyl sites for hydroxylation is 1. The Kier molecular flexibility index (Phi) is 6.66. The minimum atomic E-state index is -1.00. The third kappa shape index (κ3) is 4.30. The molecule has 1 aromatic heterocycles. The second-order valence-corrected chi connectivity index (χ2v) is 10.0. The van der Waals surface area contributed by atoms with E-state index in [1.54, 1.807) is 49.4 Å². The highest BCUT2D eigenvalue weighted by Crippen LogP contribution is 2.45. The molecule has 2 aromatic carbocycles. The molecule has 1 saturated heterocycles. The zero-order chi connectivity index (χ0) is 27.1. The van der Waals surface area contributed by atoms with Crippen LogP contribution in [0.15, 0.2) is 48.0 Å². The van der Waals surface area contributed by atoms with Crippen LogP contribution < -0.4 is 14.4 Å². The van der Waals surface area contributed by atoms with Crippen LogP contribution in [-0.2, 0) is 20.7 Å². The molecule has 38 heavy (non-hydrogen) atoms. The average Bonchev–Trinajstić information content (AvgIpc) is 3.55. The van der Waals surface area contributed by atoms with Crippen molar-refractivity contribution in [2.24, 2.45) is 0 Å². The summed E-state index contributed by atoms with van der Waals surface area (Å²) in [5.74, 6) is -1.34. The van der Waals surface area contributed by atoms with Gasteiger partial charge in [-0.2, -0.15) is 0 Å². The molecular formula is C28H26N2O7S. The Labute approximate surface area is 223 Å². The van der Waals surface area contributed by atoms with E-state index in [1.165, 1.54) is 12.0 Å². The van der Waals surface area contributed by atoms with E-state index in [-0.39, 0.29) is 27.4 Å².